The largest absolute Gasteiger partial charge is 0.489 e. The van der Waals surface area contributed by atoms with Crippen molar-refractivity contribution in [3.8, 4) is 5.75 Å². The molecule has 9 nitrogen and oxygen atoms in total. The first kappa shape index (κ1) is 29.6. The summed E-state index contributed by atoms with van der Waals surface area (Å²) in [4.78, 5) is 17.9. The fraction of sp³-hybridized carbons (Fsp3) is 0.407. The Balaban J connectivity index is 0.000000505. The first-order valence-corrected chi connectivity index (χ1v) is 13.2. The summed E-state index contributed by atoms with van der Waals surface area (Å²) in [6.07, 6.45) is 10.4. The molecule has 11 heteroatoms. The Morgan fingerprint density at radius 1 is 1.21 bits per heavy atom. The molecule has 1 aliphatic heterocycles. The van der Waals surface area contributed by atoms with Gasteiger partial charge in [-0.3, -0.25) is 15.1 Å². The molecule has 0 bridgehead atoms. The number of nitrogen functional groups attached to an aromatic ring is 1. The predicted octanol–water partition coefficient (Wildman–Crippen LogP) is 4.57. The standard InChI is InChI=1S/C22H24Cl2N6O.C5H11NO/c1-29-6-4-15(5-7-29)30-12-14(9-28-30)22(26)17-8-16(2-3-21(17)25)31-13-18-19(23)10-27-11-20(18)24;1-6(2)4-3-5-7/h2-3,8-12,15,26H,4-7,13,25H2,1H3;5H,3-4H2,1-2H3. The number of carbonyl (C=O) groups is 1. The quantitative estimate of drug-likeness (QED) is 0.224. The summed E-state index contributed by atoms with van der Waals surface area (Å²) in [5.74, 6) is 0.570. The summed E-state index contributed by atoms with van der Waals surface area (Å²) < 4.78 is 7.84. The Bertz CT molecular complexity index is 1200. The van der Waals surface area contributed by atoms with E-state index in [9.17, 15) is 4.79 Å². The van der Waals surface area contributed by atoms with E-state index >= 15 is 0 Å². The van der Waals surface area contributed by atoms with Crippen LogP contribution in [0.15, 0.2) is 43.0 Å². The molecule has 0 spiro atoms. The molecule has 3 heterocycles. The molecule has 1 fully saturated rings. The zero-order chi connectivity index (χ0) is 27.7. The highest BCUT2D eigenvalue weighted by molar-refractivity contribution is 6.35. The van der Waals surface area contributed by atoms with Gasteiger partial charge in [-0.1, -0.05) is 23.2 Å². The minimum absolute atomic E-state index is 0.185. The van der Waals surface area contributed by atoms with Gasteiger partial charge >= 0.3 is 0 Å². The summed E-state index contributed by atoms with van der Waals surface area (Å²) in [6, 6.07) is 5.61. The molecule has 1 aromatic carbocycles. The van der Waals surface area contributed by atoms with Crippen LogP contribution >= 0.6 is 23.2 Å². The number of anilines is 1. The Hall–Kier alpha value is -2.98. The first-order valence-electron chi connectivity index (χ1n) is 12.4. The van der Waals surface area contributed by atoms with Crippen molar-refractivity contribution >= 4 is 40.9 Å². The fourth-order valence-corrected chi connectivity index (χ4v) is 4.44. The number of nitrogens with one attached hydrogen (secondary N) is 1. The lowest BCUT2D eigenvalue weighted by molar-refractivity contribution is -0.108. The molecule has 204 valence electrons. The lowest BCUT2D eigenvalue weighted by Crippen LogP contribution is -2.31. The maximum atomic E-state index is 9.68. The normalized spacial score (nSPS) is 14.2. The van der Waals surface area contributed by atoms with E-state index in [0.717, 1.165) is 44.3 Å². The summed E-state index contributed by atoms with van der Waals surface area (Å²) in [5.41, 5.74) is 8.95. The lowest BCUT2D eigenvalue weighted by Gasteiger charge is -2.28. The molecule has 0 aliphatic carbocycles. The van der Waals surface area contributed by atoms with Gasteiger partial charge in [-0.05, 0) is 65.3 Å². The lowest BCUT2D eigenvalue weighted by atomic mass is 10.0. The average Bonchev–Trinajstić information content (AvgIpc) is 3.39. The number of pyridine rings is 1. The molecular formula is C27H35Cl2N7O2. The van der Waals surface area contributed by atoms with Crippen molar-refractivity contribution < 1.29 is 9.53 Å². The van der Waals surface area contributed by atoms with Gasteiger partial charge in [-0.2, -0.15) is 5.10 Å². The summed E-state index contributed by atoms with van der Waals surface area (Å²) in [5, 5.41) is 14.1. The molecule has 0 atom stereocenters. The number of piperidine rings is 1. The van der Waals surface area contributed by atoms with E-state index in [1.165, 1.54) is 12.4 Å². The number of ether oxygens (including phenoxy) is 1. The van der Waals surface area contributed by atoms with Crippen molar-refractivity contribution in [2.75, 3.05) is 46.5 Å². The van der Waals surface area contributed by atoms with Crippen LogP contribution in [0.25, 0.3) is 0 Å². The van der Waals surface area contributed by atoms with Crippen LogP contribution in [0.2, 0.25) is 10.0 Å². The van der Waals surface area contributed by atoms with E-state index in [-0.39, 0.29) is 6.61 Å². The predicted molar refractivity (Wildman–Crippen MR) is 153 cm³/mol. The molecular weight excluding hydrogens is 525 g/mol. The minimum Gasteiger partial charge on any atom is -0.489 e. The molecule has 38 heavy (non-hydrogen) atoms. The van der Waals surface area contributed by atoms with Crippen molar-refractivity contribution in [3.05, 3.63) is 69.7 Å². The second-order valence-electron chi connectivity index (χ2n) is 9.50. The van der Waals surface area contributed by atoms with Crippen LogP contribution in [-0.2, 0) is 11.4 Å². The number of benzene rings is 1. The number of aromatic nitrogens is 3. The topological polar surface area (TPSA) is 113 Å². The van der Waals surface area contributed by atoms with Crippen molar-refractivity contribution in [1.29, 1.82) is 5.41 Å². The number of hydrogen-bond donors (Lipinski definition) is 2. The highest BCUT2D eigenvalue weighted by Gasteiger charge is 2.20. The fourth-order valence-electron chi connectivity index (χ4n) is 3.97. The molecule has 2 aromatic heterocycles. The highest BCUT2D eigenvalue weighted by Crippen LogP contribution is 2.28. The van der Waals surface area contributed by atoms with Crippen LogP contribution in [0.3, 0.4) is 0 Å². The summed E-state index contributed by atoms with van der Waals surface area (Å²) in [7, 11) is 6.03. The van der Waals surface area contributed by atoms with Crippen LogP contribution in [0.5, 0.6) is 5.75 Å². The van der Waals surface area contributed by atoms with Crippen LogP contribution in [-0.4, -0.2) is 77.3 Å². The summed E-state index contributed by atoms with van der Waals surface area (Å²) in [6.45, 7) is 3.15. The molecule has 1 saturated heterocycles. The molecule has 3 aromatic rings. The number of likely N-dealkylation sites (tertiary alicyclic amines) is 1. The molecule has 0 saturated carbocycles. The molecule has 0 radical (unpaired) electrons. The molecule has 4 rings (SSSR count). The highest BCUT2D eigenvalue weighted by atomic mass is 35.5. The zero-order valence-corrected chi connectivity index (χ0v) is 23.5. The van der Waals surface area contributed by atoms with Gasteiger partial charge in [0.25, 0.3) is 0 Å². The van der Waals surface area contributed by atoms with Crippen molar-refractivity contribution in [3.63, 3.8) is 0 Å². The van der Waals surface area contributed by atoms with Gasteiger partial charge in [0.15, 0.2) is 0 Å². The Morgan fingerprint density at radius 2 is 1.89 bits per heavy atom. The van der Waals surface area contributed by atoms with Gasteiger partial charge in [-0.25, -0.2) is 0 Å². The zero-order valence-electron chi connectivity index (χ0n) is 22.0. The van der Waals surface area contributed by atoms with E-state index in [1.807, 2.05) is 29.9 Å². The number of rotatable bonds is 9. The van der Waals surface area contributed by atoms with Crippen LogP contribution in [0, 0.1) is 5.41 Å². The third kappa shape index (κ3) is 8.26. The maximum absolute atomic E-state index is 9.68. The number of halogens is 2. The van der Waals surface area contributed by atoms with E-state index in [1.54, 1.807) is 24.4 Å². The van der Waals surface area contributed by atoms with Gasteiger partial charge in [0.05, 0.1) is 28.0 Å². The number of hydrogen-bond acceptors (Lipinski definition) is 8. The van der Waals surface area contributed by atoms with Gasteiger partial charge in [0, 0.05) is 53.9 Å². The second-order valence-corrected chi connectivity index (χ2v) is 10.3. The van der Waals surface area contributed by atoms with Gasteiger partial charge in [-0.15, -0.1) is 0 Å². The van der Waals surface area contributed by atoms with Crippen molar-refractivity contribution in [2.24, 2.45) is 0 Å². The molecule has 0 amide bonds. The Kier molecular flexibility index (Phi) is 11.1. The van der Waals surface area contributed by atoms with Gasteiger partial charge < -0.3 is 25.1 Å². The Morgan fingerprint density at radius 3 is 2.50 bits per heavy atom. The van der Waals surface area contributed by atoms with Gasteiger partial charge in [0.1, 0.15) is 18.6 Å². The third-order valence-corrected chi connectivity index (χ3v) is 6.93. The average molecular weight is 561 g/mol. The maximum Gasteiger partial charge on any atom is 0.121 e. The van der Waals surface area contributed by atoms with E-state index in [2.05, 4.69) is 22.0 Å². The molecule has 3 N–H and O–H groups in total. The smallest absolute Gasteiger partial charge is 0.121 e. The first-order chi connectivity index (χ1) is 18.2. The monoisotopic (exact) mass is 559 g/mol. The number of aldehydes is 1. The van der Waals surface area contributed by atoms with Gasteiger partial charge in [0.2, 0.25) is 0 Å². The van der Waals surface area contributed by atoms with Crippen molar-refractivity contribution in [2.45, 2.75) is 31.9 Å². The SMILES string of the molecule is CN(C)CCC=O.CN1CCC(n2cc(C(=N)c3cc(OCc4c(Cl)cncc4Cl)ccc3N)cn2)CC1. The number of nitrogens with two attached hydrogens (primary N) is 1. The number of nitrogens with zero attached hydrogens (tertiary/aromatic N) is 5. The van der Waals surface area contributed by atoms with Crippen LogP contribution in [0.4, 0.5) is 5.69 Å². The number of carbonyl (C=O) groups excluding carboxylic acids is 1. The third-order valence-electron chi connectivity index (χ3n) is 6.28. The van der Waals surface area contributed by atoms with E-state index in [4.69, 9.17) is 39.1 Å². The second kappa shape index (κ2) is 14.2. The molecule has 1 aliphatic rings. The van der Waals surface area contributed by atoms with E-state index in [0.29, 0.717) is 50.8 Å². The van der Waals surface area contributed by atoms with Crippen molar-refractivity contribution in [1.82, 2.24) is 24.6 Å². The molecule has 0 unspecified atom stereocenters. The van der Waals surface area contributed by atoms with Crippen LogP contribution < -0.4 is 10.5 Å². The summed E-state index contributed by atoms with van der Waals surface area (Å²) >= 11 is 12.3. The van der Waals surface area contributed by atoms with E-state index < -0.39 is 0 Å². The van der Waals surface area contributed by atoms with Crippen LogP contribution in [0.1, 0.15) is 42.0 Å². The minimum atomic E-state index is 0.185. The Labute approximate surface area is 234 Å².